The normalized spacial score (nSPS) is 10.8. The van der Waals surface area contributed by atoms with E-state index < -0.39 is 0 Å². The number of rotatable bonds is 4. The molecule has 0 saturated carbocycles. The minimum absolute atomic E-state index is 0.228. The monoisotopic (exact) mass is 292 g/mol. The minimum Gasteiger partial charge on any atom is -0.334 e. The molecule has 0 saturated heterocycles. The summed E-state index contributed by atoms with van der Waals surface area (Å²) in [5, 5.41) is 7.79. The molecular formula is C13H9FN2OS2. The van der Waals surface area contributed by atoms with Crippen molar-refractivity contribution in [1.29, 1.82) is 0 Å². The molecule has 0 N–H and O–H groups in total. The predicted molar refractivity (Wildman–Crippen MR) is 73.6 cm³/mol. The van der Waals surface area contributed by atoms with E-state index in [9.17, 15) is 4.39 Å². The maximum atomic E-state index is 13.4. The van der Waals surface area contributed by atoms with Crippen LogP contribution in [-0.4, -0.2) is 10.1 Å². The van der Waals surface area contributed by atoms with Gasteiger partial charge in [-0.05, 0) is 23.6 Å². The zero-order chi connectivity index (χ0) is 13.1. The number of hydrogen-bond donors (Lipinski definition) is 0. The molecule has 0 amide bonds. The number of aromatic nitrogens is 2. The molecule has 3 nitrogen and oxygen atoms in total. The second kappa shape index (κ2) is 5.54. The van der Waals surface area contributed by atoms with Crippen LogP contribution in [0.4, 0.5) is 4.39 Å². The number of benzene rings is 1. The van der Waals surface area contributed by atoms with Gasteiger partial charge in [0.05, 0.1) is 11.3 Å². The molecule has 0 radical (unpaired) electrons. The van der Waals surface area contributed by atoms with E-state index in [2.05, 4.69) is 10.1 Å². The fourth-order valence-corrected chi connectivity index (χ4v) is 2.93. The summed E-state index contributed by atoms with van der Waals surface area (Å²) in [5.74, 6) is 1.32. The van der Waals surface area contributed by atoms with Gasteiger partial charge in [-0.15, -0.1) is 11.8 Å². The Balaban J connectivity index is 1.70. The van der Waals surface area contributed by atoms with Crippen LogP contribution in [-0.2, 0) is 5.75 Å². The van der Waals surface area contributed by atoms with E-state index in [4.69, 9.17) is 4.52 Å². The van der Waals surface area contributed by atoms with Crippen molar-refractivity contribution >= 4 is 23.1 Å². The van der Waals surface area contributed by atoms with Gasteiger partial charge in [0, 0.05) is 10.3 Å². The summed E-state index contributed by atoms with van der Waals surface area (Å²) in [7, 11) is 0. The molecule has 2 aromatic heterocycles. The molecule has 2 heterocycles. The van der Waals surface area contributed by atoms with Crippen molar-refractivity contribution in [3.8, 4) is 11.5 Å². The molecule has 0 aliphatic heterocycles. The molecule has 1 aromatic carbocycles. The number of halogens is 1. The van der Waals surface area contributed by atoms with Gasteiger partial charge in [-0.1, -0.05) is 17.3 Å². The van der Waals surface area contributed by atoms with E-state index >= 15 is 0 Å². The highest BCUT2D eigenvalue weighted by Crippen LogP contribution is 2.26. The molecule has 6 heteroatoms. The first-order chi connectivity index (χ1) is 9.33. The van der Waals surface area contributed by atoms with Gasteiger partial charge in [0.1, 0.15) is 5.82 Å². The van der Waals surface area contributed by atoms with Crippen molar-refractivity contribution in [3.63, 3.8) is 0 Å². The van der Waals surface area contributed by atoms with Gasteiger partial charge < -0.3 is 4.52 Å². The maximum absolute atomic E-state index is 13.4. The van der Waals surface area contributed by atoms with Gasteiger partial charge in [-0.25, -0.2) is 4.39 Å². The van der Waals surface area contributed by atoms with Gasteiger partial charge in [0.25, 0.3) is 5.89 Å². The first-order valence-corrected chi connectivity index (χ1v) is 7.48. The Kier molecular flexibility index (Phi) is 3.61. The van der Waals surface area contributed by atoms with E-state index in [0.717, 1.165) is 5.56 Å². The topological polar surface area (TPSA) is 38.9 Å². The molecule has 0 aliphatic carbocycles. The number of hydrogen-bond acceptors (Lipinski definition) is 5. The van der Waals surface area contributed by atoms with Crippen molar-refractivity contribution in [3.05, 3.63) is 52.7 Å². The lowest BCUT2D eigenvalue weighted by molar-refractivity contribution is 0.425. The molecule has 0 aliphatic rings. The Hall–Kier alpha value is -1.66. The van der Waals surface area contributed by atoms with Crippen molar-refractivity contribution in [1.82, 2.24) is 10.1 Å². The summed E-state index contributed by atoms with van der Waals surface area (Å²) >= 11 is 2.93. The van der Waals surface area contributed by atoms with Gasteiger partial charge in [0.2, 0.25) is 0 Å². The lowest BCUT2D eigenvalue weighted by atomic mass is 10.3. The third-order valence-electron chi connectivity index (χ3n) is 2.43. The minimum atomic E-state index is -0.228. The molecule has 0 fully saturated rings. The summed E-state index contributed by atoms with van der Waals surface area (Å²) in [6.45, 7) is 0. The quantitative estimate of drug-likeness (QED) is 0.675. The van der Waals surface area contributed by atoms with Gasteiger partial charge in [0.15, 0.2) is 5.82 Å². The highest BCUT2D eigenvalue weighted by Gasteiger charge is 2.10. The number of thioether (sulfide) groups is 1. The third kappa shape index (κ3) is 2.85. The largest absolute Gasteiger partial charge is 0.334 e. The molecule has 19 heavy (non-hydrogen) atoms. The second-order valence-electron chi connectivity index (χ2n) is 3.75. The fraction of sp³-hybridized carbons (Fsp3) is 0.0769. The first kappa shape index (κ1) is 12.4. The molecule has 96 valence electrons. The van der Waals surface area contributed by atoms with Crippen LogP contribution in [0.2, 0.25) is 0 Å². The lowest BCUT2D eigenvalue weighted by Crippen LogP contribution is -1.86. The second-order valence-corrected chi connectivity index (χ2v) is 5.54. The maximum Gasteiger partial charge on any atom is 0.258 e. The summed E-state index contributed by atoms with van der Waals surface area (Å²) in [6.07, 6.45) is 0. The Morgan fingerprint density at radius 1 is 1.26 bits per heavy atom. The predicted octanol–water partition coefficient (Wildman–Crippen LogP) is 4.23. The Labute approximate surface area is 117 Å². The Morgan fingerprint density at radius 3 is 2.95 bits per heavy atom. The SMILES string of the molecule is Fc1ccccc1SCc1noc(-c2ccsc2)n1. The number of nitrogens with zero attached hydrogens (tertiary/aromatic N) is 2. The standard InChI is InChI=1S/C13H9FN2OS2/c14-10-3-1-2-4-11(10)19-8-12-15-13(17-16-12)9-5-6-18-7-9/h1-7H,8H2. The summed E-state index contributed by atoms with van der Waals surface area (Å²) < 4.78 is 18.6. The average Bonchev–Trinajstić information content (AvgIpc) is 3.09. The van der Waals surface area contributed by atoms with Gasteiger partial charge >= 0.3 is 0 Å². The zero-order valence-electron chi connectivity index (χ0n) is 9.75. The van der Waals surface area contributed by atoms with Crippen LogP contribution in [0.3, 0.4) is 0 Å². The van der Waals surface area contributed by atoms with Crippen LogP contribution < -0.4 is 0 Å². The van der Waals surface area contributed by atoms with Crippen LogP contribution in [0.25, 0.3) is 11.5 Å². The summed E-state index contributed by atoms with van der Waals surface area (Å²) in [6, 6.07) is 8.57. The Morgan fingerprint density at radius 2 is 2.16 bits per heavy atom. The zero-order valence-corrected chi connectivity index (χ0v) is 11.4. The smallest absolute Gasteiger partial charge is 0.258 e. The van der Waals surface area contributed by atoms with E-state index in [1.54, 1.807) is 29.5 Å². The van der Waals surface area contributed by atoms with E-state index in [1.165, 1.54) is 17.8 Å². The molecule has 0 spiro atoms. The Bertz CT molecular complexity index is 667. The molecule has 0 bridgehead atoms. The van der Waals surface area contributed by atoms with Crippen LogP contribution in [0, 0.1) is 5.82 Å². The molecule has 0 atom stereocenters. The van der Waals surface area contributed by atoms with E-state index in [-0.39, 0.29) is 5.82 Å². The average molecular weight is 292 g/mol. The summed E-state index contributed by atoms with van der Waals surface area (Å²) in [4.78, 5) is 4.87. The number of thiophene rings is 1. The molecular weight excluding hydrogens is 283 g/mol. The highest BCUT2D eigenvalue weighted by molar-refractivity contribution is 7.98. The van der Waals surface area contributed by atoms with E-state index in [1.807, 2.05) is 16.8 Å². The fourth-order valence-electron chi connectivity index (χ4n) is 1.52. The van der Waals surface area contributed by atoms with E-state index in [0.29, 0.717) is 22.4 Å². The molecule has 3 aromatic rings. The first-order valence-electron chi connectivity index (χ1n) is 5.55. The van der Waals surface area contributed by atoms with Gasteiger partial charge in [-0.2, -0.15) is 16.3 Å². The van der Waals surface area contributed by atoms with Crippen LogP contribution >= 0.6 is 23.1 Å². The van der Waals surface area contributed by atoms with Crippen LogP contribution in [0.15, 0.2) is 50.5 Å². The molecule has 3 rings (SSSR count). The van der Waals surface area contributed by atoms with Gasteiger partial charge in [-0.3, -0.25) is 0 Å². The molecule has 0 unspecified atom stereocenters. The van der Waals surface area contributed by atoms with Crippen LogP contribution in [0.5, 0.6) is 0 Å². The lowest BCUT2D eigenvalue weighted by Gasteiger charge is -1.99. The summed E-state index contributed by atoms with van der Waals surface area (Å²) in [5.41, 5.74) is 0.916. The van der Waals surface area contributed by atoms with Crippen LogP contribution in [0.1, 0.15) is 5.82 Å². The van der Waals surface area contributed by atoms with Crippen molar-refractivity contribution in [2.24, 2.45) is 0 Å². The third-order valence-corrected chi connectivity index (χ3v) is 4.16. The van der Waals surface area contributed by atoms with Crippen molar-refractivity contribution in [2.75, 3.05) is 0 Å². The van der Waals surface area contributed by atoms with Crippen molar-refractivity contribution in [2.45, 2.75) is 10.6 Å². The highest BCUT2D eigenvalue weighted by atomic mass is 32.2. The van der Waals surface area contributed by atoms with Crippen molar-refractivity contribution < 1.29 is 8.91 Å².